The highest BCUT2D eigenvalue weighted by Crippen LogP contribution is 2.30. The number of piperidine rings is 1. The van der Waals surface area contributed by atoms with E-state index in [2.05, 4.69) is 17.1 Å². The third-order valence-electron chi connectivity index (χ3n) is 6.84. The third kappa shape index (κ3) is 5.91. The van der Waals surface area contributed by atoms with Gasteiger partial charge in [-0.2, -0.15) is 0 Å². The Morgan fingerprint density at radius 1 is 1.15 bits per heavy atom. The van der Waals surface area contributed by atoms with Gasteiger partial charge >= 0.3 is 0 Å². The molecule has 2 heterocycles. The van der Waals surface area contributed by atoms with E-state index >= 15 is 0 Å². The minimum Gasteiger partial charge on any atom is -0.348 e. The number of hydrogen-bond donors (Lipinski definition) is 1. The molecule has 1 N–H and O–H groups in total. The van der Waals surface area contributed by atoms with Crippen LogP contribution in [0.25, 0.3) is 0 Å². The quantitative estimate of drug-likeness (QED) is 0.736. The minimum atomic E-state index is -2.92. The van der Waals surface area contributed by atoms with Crippen LogP contribution in [0.15, 0.2) is 0 Å². The van der Waals surface area contributed by atoms with Crippen LogP contribution in [0, 0.1) is 5.92 Å². The second-order valence-electron chi connectivity index (χ2n) is 9.32. The lowest BCUT2D eigenvalue weighted by molar-refractivity contribution is -0.125. The Morgan fingerprint density at radius 3 is 2.41 bits per heavy atom. The number of carbonyl (C=O) groups is 1. The van der Waals surface area contributed by atoms with Crippen LogP contribution in [0.2, 0.25) is 0 Å². The molecule has 0 spiro atoms. The lowest BCUT2D eigenvalue weighted by Gasteiger charge is -2.43. The summed E-state index contributed by atoms with van der Waals surface area (Å²) in [6, 6.07) is -0.0216. The molecule has 0 radical (unpaired) electrons. The maximum absolute atomic E-state index is 12.8. The smallest absolute Gasteiger partial charge is 0.234 e. The Bertz CT molecular complexity index is 608. The number of nitrogens with zero attached hydrogens (tertiary/aromatic N) is 2. The predicted molar refractivity (Wildman–Crippen MR) is 108 cm³/mol. The zero-order chi connectivity index (χ0) is 19.5. The van der Waals surface area contributed by atoms with Crippen molar-refractivity contribution in [2.45, 2.75) is 69.9 Å². The van der Waals surface area contributed by atoms with Gasteiger partial charge in [0.2, 0.25) is 5.91 Å². The van der Waals surface area contributed by atoms with E-state index in [0.29, 0.717) is 13.0 Å². The van der Waals surface area contributed by atoms with Gasteiger partial charge in [-0.25, -0.2) is 8.42 Å². The van der Waals surface area contributed by atoms with Gasteiger partial charge in [-0.15, -0.1) is 0 Å². The first-order chi connectivity index (χ1) is 12.8. The predicted octanol–water partition coefficient (Wildman–Crippen LogP) is 1.66. The average Bonchev–Trinajstić information content (AvgIpc) is 2.98. The van der Waals surface area contributed by atoms with Gasteiger partial charge in [0.1, 0.15) is 0 Å². The summed E-state index contributed by atoms with van der Waals surface area (Å²) in [6.07, 6.45) is 8.89. The van der Waals surface area contributed by atoms with Crippen LogP contribution in [-0.2, 0) is 14.6 Å². The Kier molecular flexibility index (Phi) is 6.85. The molecule has 1 saturated carbocycles. The van der Waals surface area contributed by atoms with Crippen LogP contribution in [0.1, 0.15) is 58.3 Å². The number of rotatable bonds is 6. The van der Waals surface area contributed by atoms with E-state index in [4.69, 9.17) is 0 Å². The molecule has 2 saturated heterocycles. The fourth-order valence-corrected chi connectivity index (χ4v) is 6.82. The number of amides is 1. The maximum Gasteiger partial charge on any atom is 0.234 e. The van der Waals surface area contributed by atoms with Gasteiger partial charge in [-0.3, -0.25) is 9.69 Å². The Morgan fingerprint density at radius 2 is 1.81 bits per heavy atom. The monoisotopic (exact) mass is 399 g/mol. The molecule has 0 aromatic carbocycles. The molecule has 0 bridgehead atoms. The highest BCUT2D eigenvalue weighted by atomic mass is 32.2. The van der Waals surface area contributed by atoms with Gasteiger partial charge < -0.3 is 10.2 Å². The molecule has 27 heavy (non-hydrogen) atoms. The highest BCUT2D eigenvalue weighted by molar-refractivity contribution is 7.91. The minimum absolute atomic E-state index is 0.0216. The summed E-state index contributed by atoms with van der Waals surface area (Å²) in [5.74, 6) is 1.30. The fourth-order valence-electron chi connectivity index (χ4n) is 5.01. The summed E-state index contributed by atoms with van der Waals surface area (Å²) < 4.78 is 23.4. The third-order valence-corrected chi connectivity index (χ3v) is 8.59. The summed E-state index contributed by atoms with van der Waals surface area (Å²) in [5.41, 5.74) is -0.0987. The van der Waals surface area contributed by atoms with E-state index < -0.39 is 9.84 Å². The van der Waals surface area contributed by atoms with Gasteiger partial charge in [0.05, 0.1) is 23.6 Å². The summed E-state index contributed by atoms with van der Waals surface area (Å²) in [7, 11) is -1.04. The summed E-state index contributed by atoms with van der Waals surface area (Å²) in [4.78, 5) is 17.3. The Labute approximate surface area is 165 Å². The molecular formula is C20H37N3O3S. The van der Waals surface area contributed by atoms with E-state index in [-0.39, 0.29) is 29.0 Å². The highest BCUT2D eigenvalue weighted by Gasteiger charge is 2.37. The van der Waals surface area contributed by atoms with E-state index in [1.807, 2.05) is 11.9 Å². The first-order valence-electron chi connectivity index (χ1n) is 10.7. The summed E-state index contributed by atoms with van der Waals surface area (Å²) >= 11 is 0. The van der Waals surface area contributed by atoms with Gasteiger partial charge in [0.25, 0.3) is 0 Å². The number of carbonyl (C=O) groups excluding carboxylic acids is 1. The molecule has 0 aromatic heterocycles. The molecule has 7 heteroatoms. The van der Waals surface area contributed by atoms with Crippen molar-refractivity contribution in [2.24, 2.45) is 5.92 Å². The molecule has 1 aliphatic carbocycles. The SMILES string of the molecule is CC1CCN(CC2(NC(=O)CN(C)[C@@H]3CCS(=O)(=O)C3)CCCCC2)CC1. The zero-order valence-corrected chi connectivity index (χ0v) is 17.9. The van der Waals surface area contributed by atoms with Gasteiger partial charge in [0, 0.05) is 12.6 Å². The average molecular weight is 400 g/mol. The summed E-state index contributed by atoms with van der Waals surface area (Å²) in [6.45, 7) is 5.86. The van der Waals surface area contributed by atoms with Crippen LogP contribution in [0.4, 0.5) is 0 Å². The van der Waals surface area contributed by atoms with Crippen LogP contribution in [-0.4, -0.2) is 80.4 Å². The van der Waals surface area contributed by atoms with Crippen molar-refractivity contribution in [1.82, 2.24) is 15.1 Å². The number of nitrogens with one attached hydrogen (secondary N) is 1. The van der Waals surface area contributed by atoms with E-state index in [0.717, 1.165) is 38.4 Å². The largest absolute Gasteiger partial charge is 0.348 e. The standard InChI is InChI=1S/C20H37N3O3S/c1-17-6-11-23(12-7-17)16-20(9-4-3-5-10-20)21-19(24)14-22(2)18-8-13-27(25,26)15-18/h17-18H,3-16H2,1-2H3,(H,21,24)/t18-/m1/s1. The molecule has 3 aliphatic rings. The van der Waals surface area contributed by atoms with Crippen molar-refractivity contribution < 1.29 is 13.2 Å². The molecule has 3 rings (SSSR count). The second-order valence-corrected chi connectivity index (χ2v) is 11.5. The number of hydrogen-bond acceptors (Lipinski definition) is 5. The van der Waals surface area contributed by atoms with E-state index in [9.17, 15) is 13.2 Å². The van der Waals surface area contributed by atoms with Gasteiger partial charge in [-0.1, -0.05) is 26.2 Å². The lowest BCUT2D eigenvalue weighted by atomic mass is 9.80. The van der Waals surface area contributed by atoms with E-state index in [1.165, 1.54) is 32.1 Å². The first kappa shape index (κ1) is 21.1. The number of likely N-dealkylation sites (N-methyl/N-ethyl adjacent to an activating group) is 1. The van der Waals surface area contributed by atoms with E-state index in [1.54, 1.807) is 0 Å². The Hall–Kier alpha value is -0.660. The van der Waals surface area contributed by atoms with Crippen LogP contribution in [0.3, 0.4) is 0 Å². The maximum atomic E-state index is 12.8. The van der Waals surface area contributed by atoms with Crippen molar-refractivity contribution in [1.29, 1.82) is 0 Å². The van der Waals surface area contributed by atoms with Crippen LogP contribution >= 0.6 is 0 Å². The van der Waals surface area contributed by atoms with Gasteiger partial charge in [-0.05, 0) is 58.2 Å². The zero-order valence-electron chi connectivity index (χ0n) is 17.1. The first-order valence-corrected chi connectivity index (χ1v) is 12.5. The van der Waals surface area contributed by atoms with Crippen molar-refractivity contribution in [2.75, 3.05) is 44.7 Å². The van der Waals surface area contributed by atoms with Crippen molar-refractivity contribution in [3.63, 3.8) is 0 Å². The molecule has 1 atom stereocenters. The number of sulfone groups is 1. The van der Waals surface area contributed by atoms with Crippen molar-refractivity contribution in [3.05, 3.63) is 0 Å². The second kappa shape index (κ2) is 8.78. The lowest BCUT2D eigenvalue weighted by Crippen LogP contribution is -2.59. The Balaban J connectivity index is 1.56. The molecule has 3 fully saturated rings. The molecular weight excluding hydrogens is 362 g/mol. The fraction of sp³-hybridized carbons (Fsp3) is 0.950. The molecule has 156 valence electrons. The molecule has 1 amide bonds. The molecule has 6 nitrogen and oxygen atoms in total. The molecule has 2 aliphatic heterocycles. The van der Waals surface area contributed by atoms with Crippen LogP contribution in [0.5, 0.6) is 0 Å². The molecule has 0 aromatic rings. The normalized spacial score (nSPS) is 29.1. The van der Waals surface area contributed by atoms with Crippen molar-refractivity contribution >= 4 is 15.7 Å². The van der Waals surface area contributed by atoms with Crippen molar-refractivity contribution in [3.8, 4) is 0 Å². The molecule has 0 unspecified atom stereocenters. The van der Waals surface area contributed by atoms with Gasteiger partial charge in [0.15, 0.2) is 9.84 Å². The number of likely N-dealkylation sites (tertiary alicyclic amines) is 1. The van der Waals surface area contributed by atoms with Crippen LogP contribution < -0.4 is 5.32 Å². The summed E-state index contributed by atoms with van der Waals surface area (Å²) in [5, 5.41) is 3.39. The topological polar surface area (TPSA) is 69.7 Å².